The molecule has 2 aliphatic rings. The van der Waals surface area contributed by atoms with E-state index in [1.54, 1.807) is 0 Å². The lowest BCUT2D eigenvalue weighted by Crippen LogP contribution is -2.53. The third-order valence-electron chi connectivity index (χ3n) is 3.86. The number of hydrogen-bond acceptors (Lipinski definition) is 4. The maximum atomic E-state index is 5.75. The first-order chi connectivity index (χ1) is 8.11. The Hall–Kier alpha value is -0.160. The lowest BCUT2D eigenvalue weighted by atomic mass is 9.97. The van der Waals surface area contributed by atoms with E-state index in [1.165, 1.54) is 6.42 Å². The van der Waals surface area contributed by atoms with Gasteiger partial charge in [-0.05, 0) is 27.3 Å². The molecular weight excluding hydrogens is 216 g/mol. The largest absolute Gasteiger partial charge is 0.381 e. The van der Waals surface area contributed by atoms with Crippen molar-refractivity contribution in [2.75, 3.05) is 46.5 Å². The summed E-state index contributed by atoms with van der Waals surface area (Å²) in [5, 5.41) is 3.46. The number of morpholine rings is 1. The van der Waals surface area contributed by atoms with Crippen molar-refractivity contribution in [2.24, 2.45) is 5.92 Å². The van der Waals surface area contributed by atoms with Crippen LogP contribution in [-0.4, -0.2) is 63.0 Å². The third-order valence-corrected chi connectivity index (χ3v) is 3.86. The molecule has 0 aromatic carbocycles. The Balaban J connectivity index is 1.85. The van der Waals surface area contributed by atoms with Gasteiger partial charge in [0.15, 0.2) is 0 Å². The van der Waals surface area contributed by atoms with Crippen LogP contribution in [0.1, 0.15) is 20.3 Å². The maximum absolute atomic E-state index is 5.75. The molecule has 0 bridgehead atoms. The Morgan fingerprint density at radius 3 is 2.82 bits per heavy atom. The number of ether oxygens (including phenoxy) is 2. The van der Waals surface area contributed by atoms with Gasteiger partial charge < -0.3 is 14.8 Å². The number of nitrogens with zero attached hydrogens (tertiary/aromatic N) is 1. The third kappa shape index (κ3) is 3.65. The average Bonchev–Trinajstić information content (AvgIpc) is 2.78. The standard InChI is InChI=1S/C13H26N2O2/c1-13(2)10-15(5-7-17-13)8-12(14-3)11-4-6-16-9-11/h11-12,14H,4-10H2,1-3H3. The molecule has 2 atom stereocenters. The number of likely N-dealkylation sites (N-methyl/N-ethyl adjacent to an activating group) is 1. The van der Waals surface area contributed by atoms with E-state index in [9.17, 15) is 0 Å². The molecule has 100 valence electrons. The summed E-state index contributed by atoms with van der Waals surface area (Å²) in [6.07, 6.45) is 1.19. The summed E-state index contributed by atoms with van der Waals surface area (Å²) in [4.78, 5) is 2.52. The van der Waals surface area contributed by atoms with Gasteiger partial charge in [-0.15, -0.1) is 0 Å². The van der Waals surface area contributed by atoms with Gasteiger partial charge >= 0.3 is 0 Å². The number of nitrogens with one attached hydrogen (secondary N) is 1. The first-order valence-corrected chi connectivity index (χ1v) is 6.72. The highest BCUT2D eigenvalue weighted by molar-refractivity contribution is 4.85. The summed E-state index contributed by atoms with van der Waals surface area (Å²) >= 11 is 0. The van der Waals surface area contributed by atoms with E-state index in [0.29, 0.717) is 12.0 Å². The van der Waals surface area contributed by atoms with Gasteiger partial charge in [0, 0.05) is 38.2 Å². The first kappa shape index (κ1) is 13.3. The molecule has 17 heavy (non-hydrogen) atoms. The van der Waals surface area contributed by atoms with Gasteiger partial charge in [0.25, 0.3) is 0 Å². The van der Waals surface area contributed by atoms with Crippen molar-refractivity contribution in [2.45, 2.75) is 31.9 Å². The van der Waals surface area contributed by atoms with Crippen LogP contribution in [0.3, 0.4) is 0 Å². The minimum atomic E-state index is 0.00270. The van der Waals surface area contributed by atoms with Crippen molar-refractivity contribution in [1.29, 1.82) is 0 Å². The second-order valence-corrected chi connectivity index (χ2v) is 5.86. The van der Waals surface area contributed by atoms with Crippen LogP contribution >= 0.6 is 0 Å². The van der Waals surface area contributed by atoms with Crippen LogP contribution in [0.4, 0.5) is 0 Å². The van der Waals surface area contributed by atoms with Gasteiger partial charge in [0.2, 0.25) is 0 Å². The summed E-state index contributed by atoms with van der Waals surface area (Å²) in [6.45, 7) is 10.2. The van der Waals surface area contributed by atoms with Crippen molar-refractivity contribution in [3.05, 3.63) is 0 Å². The SMILES string of the molecule is CNC(CN1CCOC(C)(C)C1)C1CCOC1. The fraction of sp³-hybridized carbons (Fsp3) is 1.00. The Morgan fingerprint density at radius 1 is 1.41 bits per heavy atom. The topological polar surface area (TPSA) is 33.7 Å². The van der Waals surface area contributed by atoms with E-state index in [2.05, 4.69) is 31.1 Å². The molecule has 0 aromatic heterocycles. The van der Waals surface area contributed by atoms with Gasteiger partial charge in [-0.2, -0.15) is 0 Å². The molecule has 2 rings (SSSR count). The smallest absolute Gasteiger partial charge is 0.0753 e. The summed E-state index contributed by atoms with van der Waals surface area (Å²) in [5.74, 6) is 0.672. The van der Waals surface area contributed by atoms with Gasteiger partial charge in [-0.3, -0.25) is 4.90 Å². The van der Waals surface area contributed by atoms with Crippen molar-refractivity contribution >= 4 is 0 Å². The summed E-state index contributed by atoms with van der Waals surface area (Å²) in [7, 11) is 2.06. The highest BCUT2D eigenvalue weighted by atomic mass is 16.5. The van der Waals surface area contributed by atoms with E-state index in [-0.39, 0.29) is 5.60 Å². The molecule has 0 radical (unpaired) electrons. The molecule has 2 heterocycles. The van der Waals surface area contributed by atoms with Crippen LogP contribution < -0.4 is 5.32 Å². The maximum Gasteiger partial charge on any atom is 0.0753 e. The molecule has 0 saturated carbocycles. The predicted octanol–water partition coefficient (Wildman–Crippen LogP) is 0.722. The van der Waals surface area contributed by atoms with Crippen molar-refractivity contribution < 1.29 is 9.47 Å². The quantitative estimate of drug-likeness (QED) is 0.788. The lowest BCUT2D eigenvalue weighted by molar-refractivity contribution is -0.0885. The molecule has 1 N–H and O–H groups in total. The monoisotopic (exact) mass is 242 g/mol. The molecule has 4 nitrogen and oxygen atoms in total. The Kier molecular flexibility index (Phi) is 4.42. The highest BCUT2D eigenvalue weighted by Crippen LogP contribution is 2.21. The summed E-state index contributed by atoms with van der Waals surface area (Å²) in [6, 6.07) is 0.548. The summed E-state index contributed by atoms with van der Waals surface area (Å²) in [5.41, 5.74) is 0.00270. The molecule has 4 heteroatoms. The molecule has 2 aliphatic heterocycles. The minimum absolute atomic E-state index is 0.00270. The van der Waals surface area contributed by atoms with Gasteiger partial charge in [-0.1, -0.05) is 0 Å². The van der Waals surface area contributed by atoms with Crippen LogP contribution in [0.25, 0.3) is 0 Å². The van der Waals surface area contributed by atoms with E-state index in [0.717, 1.165) is 39.5 Å². The van der Waals surface area contributed by atoms with Crippen molar-refractivity contribution in [3.63, 3.8) is 0 Å². The zero-order valence-electron chi connectivity index (χ0n) is 11.4. The van der Waals surface area contributed by atoms with Crippen LogP contribution in [-0.2, 0) is 9.47 Å². The van der Waals surface area contributed by atoms with Gasteiger partial charge in [-0.25, -0.2) is 0 Å². The van der Waals surface area contributed by atoms with Gasteiger partial charge in [0.05, 0.1) is 18.8 Å². The fourth-order valence-electron chi connectivity index (χ4n) is 2.89. The molecule has 2 fully saturated rings. The molecule has 0 aliphatic carbocycles. The predicted molar refractivity (Wildman–Crippen MR) is 68.2 cm³/mol. The zero-order valence-corrected chi connectivity index (χ0v) is 11.4. The van der Waals surface area contributed by atoms with Crippen LogP contribution in [0, 0.1) is 5.92 Å². The highest BCUT2D eigenvalue weighted by Gasteiger charge is 2.31. The van der Waals surface area contributed by atoms with E-state index in [4.69, 9.17) is 9.47 Å². The molecule has 0 spiro atoms. The second kappa shape index (κ2) is 5.65. The van der Waals surface area contributed by atoms with E-state index in [1.807, 2.05) is 0 Å². The molecule has 2 unspecified atom stereocenters. The normalized spacial score (nSPS) is 31.6. The van der Waals surface area contributed by atoms with Crippen molar-refractivity contribution in [1.82, 2.24) is 10.2 Å². The van der Waals surface area contributed by atoms with Crippen LogP contribution in [0.2, 0.25) is 0 Å². The van der Waals surface area contributed by atoms with Gasteiger partial charge in [0.1, 0.15) is 0 Å². The summed E-state index contributed by atoms with van der Waals surface area (Å²) < 4.78 is 11.2. The Bertz CT molecular complexity index is 240. The Labute approximate surface area is 105 Å². The van der Waals surface area contributed by atoms with Crippen LogP contribution in [0.5, 0.6) is 0 Å². The lowest BCUT2D eigenvalue weighted by Gasteiger charge is -2.40. The minimum Gasteiger partial charge on any atom is -0.381 e. The fourth-order valence-corrected chi connectivity index (χ4v) is 2.89. The van der Waals surface area contributed by atoms with E-state index >= 15 is 0 Å². The zero-order chi connectivity index (χ0) is 12.3. The van der Waals surface area contributed by atoms with E-state index < -0.39 is 0 Å². The number of hydrogen-bond donors (Lipinski definition) is 1. The van der Waals surface area contributed by atoms with Crippen molar-refractivity contribution in [3.8, 4) is 0 Å². The second-order valence-electron chi connectivity index (χ2n) is 5.86. The number of rotatable bonds is 4. The molecule has 0 aromatic rings. The molecule has 2 saturated heterocycles. The average molecular weight is 242 g/mol. The first-order valence-electron chi connectivity index (χ1n) is 6.72. The molecular formula is C13H26N2O2. The Morgan fingerprint density at radius 2 is 2.24 bits per heavy atom. The molecule has 0 amide bonds. The van der Waals surface area contributed by atoms with Crippen LogP contribution in [0.15, 0.2) is 0 Å².